The van der Waals surface area contributed by atoms with E-state index in [2.05, 4.69) is 20.6 Å². The number of nitrogens with zero attached hydrogens (tertiary/aromatic N) is 4. The van der Waals surface area contributed by atoms with Gasteiger partial charge in [0.05, 0.1) is 0 Å². The van der Waals surface area contributed by atoms with Gasteiger partial charge in [-0.1, -0.05) is 12.1 Å². The van der Waals surface area contributed by atoms with Gasteiger partial charge in [-0.15, -0.1) is 10.2 Å². The minimum absolute atomic E-state index is 0.264. The molecule has 1 aromatic carbocycles. The molecule has 1 fully saturated rings. The molecule has 1 aliphatic heterocycles. The van der Waals surface area contributed by atoms with Gasteiger partial charge in [0.25, 0.3) is 5.91 Å². The van der Waals surface area contributed by atoms with E-state index < -0.39 is 12.0 Å². The van der Waals surface area contributed by atoms with Crippen LogP contribution in [0.15, 0.2) is 24.3 Å². The minimum Gasteiger partial charge on any atom is -0.480 e. The number of hydrogen-bond acceptors (Lipinski definition) is 5. The Morgan fingerprint density at radius 2 is 2.05 bits per heavy atom. The standard InChI is InChI=1S/C13H13N5O3/c19-12(18-7-1-2-10(18)13(20)21)9-5-3-8(4-6-9)11-14-16-17-15-11/h3-6,10H,1-2,7H2,(H,20,21)(H,14,15,16,17)/t10-/m0/s1. The molecular weight excluding hydrogens is 274 g/mol. The second-order valence-corrected chi connectivity index (χ2v) is 4.81. The Hall–Kier alpha value is -2.77. The zero-order valence-corrected chi connectivity index (χ0v) is 11.1. The van der Waals surface area contributed by atoms with Gasteiger partial charge < -0.3 is 10.0 Å². The maximum atomic E-state index is 12.4. The second kappa shape index (κ2) is 5.31. The van der Waals surface area contributed by atoms with Gasteiger partial charge in [0.1, 0.15) is 6.04 Å². The van der Waals surface area contributed by atoms with Crippen LogP contribution in [0, 0.1) is 0 Å². The number of carbonyl (C=O) groups is 2. The molecule has 3 rings (SSSR count). The highest BCUT2D eigenvalue weighted by Gasteiger charge is 2.34. The third-order valence-electron chi connectivity index (χ3n) is 3.53. The van der Waals surface area contributed by atoms with Crippen LogP contribution >= 0.6 is 0 Å². The van der Waals surface area contributed by atoms with Crippen LogP contribution in [0.5, 0.6) is 0 Å². The van der Waals surface area contributed by atoms with Gasteiger partial charge in [0.15, 0.2) is 0 Å². The molecule has 8 nitrogen and oxygen atoms in total. The number of carboxylic acids is 1. The Balaban J connectivity index is 1.80. The highest BCUT2D eigenvalue weighted by Crippen LogP contribution is 2.21. The van der Waals surface area contributed by atoms with Crippen LogP contribution in [0.2, 0.25) is 0 Å². The van der Waals surface area contributed by atoms with Gasteiger partial charge in [-0.3, -0.25) is 4.79 Å². The first-order valence-corrected chi connectivity index (χ1v) is 6.54. The summed E-state index contributed by atoms with van der Waals surface area (Å²) in [5.41, 5.74) is 1.19. The Morgan fingerprint density at radius 3 is 2.67 bits per heavy atom. The highest BCUT2D eigenvalue weighted by molar-refractivity contribution is 5.97. The quantitative estimate of drug-likeness (QED) is 0.852. The van der Waals surface area contributed by atoms with Crippen molar-refractivity contribution in [1.29, 1.82) is 0 Å². The fraction of sp³-hybridized carbons (Fsp3) is 0.308. The van der Waals surface area contributed by atoms with Gasteiger partial charge >= 0.3 is 5.97 Å². The molecular formula is C13H13N5O3. The molecule has 0 unspecified atom stereocenters. The van der Waals surface area contributed by atoms with Crippen LogP contribution < -0.4 is 0 Å². The fourth-order valence-electron chi connectivity index (χ4n) is 2.48. The molecule has 1 atom stereocenters. The number of amides is 1. The van der Waals surface area contributed by atoms with E-state index >= 15 is 0 Å². The zero-order valence-electron chi connectivity index (χ0n) is 11.1. The number of tetrazole rings is 1. The molecule has 2 heterocycles. The lowest BCUT2D eigenvalue weighted by Gasteiger charge is -2.21. The number of H-pyrrole nitrogens is 1. The van der Waals surface area contributed by atoms with Crippen molar-refractivity contribution in [2.24, 2.45) is 0 Å². The number of benzene rings is 1. The normalized spacial score (nSPS) is 17.9. The number of rotatable bonds is 3. The van der Waals surface area contributed by atoms with Crippen LogP contribution in [0.4, 0.5) is 0 Å². The van der Waals surface area contributed by atoms with Crippen molar-refractivity contribution < 1.29 is 14.7 Å². The van der Waals surface area contributed by atoms with E-state index in [9.17, 15) is 9.59 Å². The molecule has 1 amide bonds. The van der Waals surface area contributed by atoms with E-state index in [1.54, 1.807) is 24.3 Å². The Kier molecular flexibility index (Phi) is 3.35. The largest absolute Gasteiger partial charge is 0.480 e. The van der Waals surface area contributed by atoms with E-state index in [1.165, 1.54) is 4.90 Å². The molecule has 1 aromatic heterocycles. The van der Waals surface area contributed by atoms with Gasteiger partial charge in [-0.25, -0.2) is 4.79 Å². The lowest BCUT2D eigenvalue weighted by Crippen LogP contribution is -2.40. The number of carbonyl (C=O) groups excluding carboxylic acids is 1. The molecule has 1 aliphatic rings. The molecule has 1 saturated heterocycles. The molecule has 0 spiro atoms. The molecule has 0 radical (unpaired) electrons. The van der Waals surface area contributed by atoms with Crippen molar-refractivity contribution in [1.82, 2.24) is 25.5 Å². The third-order valence-corrected chi connectivity index (χ3v) is 3.53. The number of hydrogen-bond donors (Lipinski definition) is 2. The smallest absolute Gasteiger partial charge is 0.326 e. The molecule has 2 N–H and O–H groups in total. The summed E-state index contributed by atoms with van der Waals surface area (Å²) in [6.07, 6.45) is 1.21. The number of carboxylic acid groups (broad SMARTS) is 1. The Labute approximate surface area is 119 Å². The van der Waals surface area contributed by atoms with Crippen molar-refractivity contribution in [2.75, 3.05) is 6.54 Å². The van der Waals surface area contributed by atoms with Crippen LogP contribution in [-0.2, 0) is 4.79 Å². The molecule has 2 aromatic rings. The lowest BCUT2D eigenvalue weighted by atomic mass is 10.1. The summed E-state index contributed by atoms with van der Waals surface area (Å²) in [5.74, 6) is -0.776. The van der Waals surface area contributed by atoms with Gasteiger partial charge in [-0.05, 0) is 30.2 Å². The maximum absolute atomic E-state index is 12.4. The van der Waals surface area contributed by atoms with E-state index in [-0.39, 0.29) is 5.91 Å². The topological polar surface area (TPSA) is 112 Å². The molecule has 108 valence electrons. The molecule has 0 aliphatic carbocycles. The SMILES string of the molecule is O=C(O)[C@@H]1CCCN1C(=O)c1ccc(-c2nn[nH]n2)cc1. The monoisotopic (exact) mass is 287 g/mol. The van der Waals surface area contributed by atoms with Crippen molar-refractivity contribution in [2.45, 2.75) is 18.9 Å². The summed E-state index contributed by atoms with van der Waals surface area (Å²) in [5, 5.41) is 22.7. The minimum atomic E-state index is -0.954. The first kappa shape index (κ1) is 13.2. The highest BCUT2D eigenvalue weighted by atomic mass is 16.4. The van der Waals surface area contributed by atoms with E-state index in [4.69, 9.17) is 5.11 Å². The summed E-state index contributed by atoms with van der Waals surface area (Å²) >= 11 is 0. The predicted molar refractivity (Wildman–Crippen MR) is 71.3 cm³/mol. The number of aromatic amines is 1. The van der Waals surface area contributed by atoms with Gasteiger partial charge in [0, 0.05) is 17.7 Å². The first-order chi connectivity index (χ1) is 10.2. The number of nitrogens with one attached hydrogen (secondary N) is 1. The summed E-state index contributed by atoms with van der Waals surface area (Å²) in [7, 11) is 0. The van der Waals surface area contributed by atoms with Crippen molar-refractivity contribution >= 4 is 11.9 Å². The van der Waals surface area contributed by atoms with Gasteiger partial charge in [0.2, 0.25) is 5.82 Å². The van der Waals surface area contributed by atoms with Crippen molar-refractivity contribution in [3.8, 4) is 11.4 Å². The molecule has 21 heavy (non-hydrogen) atoms. The summed E-state index contributed by atoms with van der Waals surface area (Å²) < 4.78 is 0. The Bertz CT molecular complexity index is 653. The van der Waals surface area contributed by atoms with Crippen molar-refractivity contribution in [3.05, 3.63) is 29.8 Å². The fourth-order valence-corrected chi connectivity index (χ4v) is 2.48. The average Bonchev–Trinajstić information content (AvgIpc) is 3.18. The first-order valence-electron chi connectivity index (χ1n) is 6.54. The zero-order chi connectivity index (χ0) is 14.8. The van der Waals surface area contributed by atoms with Crippen LogP contribution in [0.25, 0.3) is 11.4 Å². The Morgan fingerprint density at radius 1 is 1.29 bits per heavy atom. The molecule has 0 saturated carbocycles. The summed E-state index contributed by atoms with van der Waals surface area (Å²) in [4.78, 5) is 24.9. The number of aromatic nitrogens is 4. The third kappa shape index (κ3) is 2.47. The predicted octanol–water partition coefficient (Wildman–Crippen LogP) is 0.556. The van der Waals surface area contributed by atoms with E-state index in [0.29, 0.717) is 30.8 Å². The second-order valence-electron chi connectivity index (χ2n) is 4.81. The molecule has 8 heteroatoms. The van der Waals surface area contributed by atoms with Crippen LogP contribution in [0.1, 0.15) is 23.2 Å². The van der Waals surface area contributed by atoms with Crippen LogP contribution in [-0.4, -0.2) is 55.1 Å². The van der Waals surface area contributed by atoms with Crippen LogP contribution in [0.3, 0.4) is 0 Å². The van der Waals surface area contributed by atoms with Crippen molar-refractivity contribution in [3.63, 3.8) is 0 Å². The van der Waals surface area contributed by atoms with E-state index in [0.717, 1.165) is 5.56 Å². The summed E-state index contributed by atoms with van der Waals surface area (Å²) in [6.45, 7) is 0.475. The average molecular weight is 287 g/mol. The van der Waals surface area contributed by atoms with Gasteiger partial charge in [-0.2, -0.15) is 5.21 Å². The lowest BCUT2D eigenvalue weighted by molar-refractivity contribution is -0.141. The van der Waals surface area contributed by atoms with E-state index in [1.807, 2.05) is 0 Å². The maximum Gasteiger partial charge on any atom is 0.326 e. The molecule has 0 bridgehead atoms. The number of aliphatic carboxylic acids is 1. The number of likely N-dealkylation sites (tertiary alicyclic amines) is 1. The summed E-state index contributed by atoms with van der Waals surface area (Å²) in [6, 6.07) is 5.99.